The Morgan fingerprint density at radius 3 is 1.59 bits per heavy atom. The number of rotatable bonds is 11. The zero-order valence-corrected chi connectivity index (χ0v) is 15.2. The van der Waals surface area contributed by atoms with Gasteiger partial charge in [-0.2, -0.15) is 0 Å². The molecule has 0 fully saturated rings. The largest absolute Gasteiger partial charge is 1.00 e. The molecule has 0 unspecified atom stereocenters. The highest BCUT2D eigenvalue weighted by Gasteiger charge is 2.10. The predicted molar refractivity (Wildman–Crippen MR) is 78.0 cm³/mol. The minimum atomic E-state index is 0. The van der Waals surface area contributed by atoms with Crippen LogP contribution in [0.1, 0.15) is 64.7 Å². The molecule has 0 bridgehead atoms. The van der Waals surface area contributed by atoms with Crippen LogP contribution in [0.2, 0.25) is 0 Å². The summed E-state index contributed by atoms with van der Waals surface area (Å²) in [5.41, 5.74) is 1.07. The normalized spacial score (nSPS) is 11.3. The van der Waals surface area contributed by atoms with E-state index in [1.807, 2.05) is 0 Å². The average Bonchev–Trinajstić information content (AvgIpc) is 2.27. The van der Waals surface area contributed by atoms with Crippen molar-refractivity contribution in [1.82, 2.24) is 0 Å². The highest BCUT2D eigenvalue weighted by Crippen LogP contribution is 2.11. The molecule has 0 aromatic heterocycles. The van der Waals surface area contributed by atoms with E-state index in [-0.39, 0.29) is 17.0 Å². The molecule has 0 aliphatic carbocycles. The molecule has 0 amide bonds. The van der Waals surface area contributed by atoms with Crippen molar-refractivity contribution >= 4 is 15.9 Å². The maximum Gasteiger partial charge on any atom is 0.133 e. The smallest absolute Gasteiger partial charge is 0.133 e. The van der Waals surface area contributed by atoms with Crippen LogP contribution in [0.5, 0.6) is 0 Å². The minimum Gasteiger partial charge on any atom is -1.00 e. The van der Waals surface area contributed by atoms with Gasteiger partial charge in [-0.15, -0.1) is 0 Å². The summed E-state index contributed by atoms with van der Waals surface area (Å²) >= 11 is 3.56. The van der Waals surface area contributed by atoms with Gasteiger partial charge < -0.3 is 21.5 Å². The Bertz CT molecular complexity index is 149. The number of hydrogen-bond acceptors (Lipinski definition) is 0. The van der Waals surface area contributed by atoms with Crippen LogP contribution < -0.4 is 17.0 Å². The van der Waals surface area contributed by atoms with E-state index >= 15 is 0 Å². The summed E-state index contributed by atoms with van der Waals surface area (Å²) in [5, 5.41) is 0. The Morgan fingerprint density at radius 2 is 1.18 bits per heavy atom. The van der Waals surface area contributed by atoms with Crippen molar-refractivity contribution < 1.29 is 21.5 Å². The van der Waals surface area contributed by atoms with E-state index in [0.29, 0.717) is 0 Å². The molecule has 0 N–H and O–H groups in total. The molecule has 0 heterocycles. The quantitative estimate of drug-likeness (QED) is 0.225. The lowest BCUT2D eigenvalue weighted by molar-refractivity contribution is -0.876. The molecular formula is C14H31Br2N. The maximum absolute atomic E-state index is 3.56. The third-order valence-electron chi connectivity index (χ3n) is 3.19. The molecule has 1 nitrogen and oxygen atoms in total. The minimum absolute atomic E-state index is 0. The monoisotopic (exact) mass is 371 g/mol. The fraction of sp³-hybridized carbons (Fsp3) is 1.00. The van der Waals surface area contributed by atoms with Crippen molar-refractivity contribution in [3.05, 3.63) is 0 Å². The standard InChI is InChI=1S/C14H31BrN.BrH/c1-4-5-6-7-8-9-10-11-12-13-16(2,3)14-15;/h4-14H2,1-3H3;1H/q+1;/p-1. The van der Waals surface area contributed by atoms with Gasteiger partial charge >= 0.3 is 0 Å². The van der Waals surface area contributed by atoms with Crippen molar-refractivity contribution in [2.24, 2.45) is 0 Å². The second-order valence-electron chi connectivity index (χ2n) is 5.61. The molecular weight excluding hydrogens is 342 g/mol. The van der Waals surface area contributed by atoms with Crippen molar-refractivity contribution in [1.29, 1.82) is 0 Å². The number of unbranched alkanes of at least 4 members (excludes halogenated alkanes) is 8. The molecule has 0 saturated carbocycles. The van der Waals surface area contributed by atoms with E-state index in [4.69, 9.17) is 0 Å². The van der Waals surface area contributed by atoms with E-state index in [1.54, 1.807) is 0 Å². The van der Waals surface area contributed by atoms with Crippen LogP contribution in [-0.2, 0) is 0 Å². The van der Waals surface area contributed by atoms with Gasteiger partial charge in [0.25, 0.3) is 0 Å². The van der Waals surface area contributed by atoms with Gasteiger partial charge in [-0.3, -0.25) is 0 Å². The van der Waals surface area contributed by atoms with Gasteiger partial charge in [-0.25, -0.2) is 0 Å². The Labute approximate surface area is 128 Å². The molecule has 0 aliphatic rings. The average molecular weight is 373 g/mol. The van der Waals surface area contributed by atoms with Crippen LogP contribution in [0.25, 0.3) is 0 Å². The molecule has 0 saturated heterocycles. The van der Waals surface area contributed by atoms with Gasteiger partial charge in [0.1, 0.15) is 5.45 Å². The molecule has 0 atom stereocenters. The fourth-order valence-corrected chi connectivity index (χ4v) is 2.16. The number of halogens is 2. The van der Waals surface area contributed by atoms with Crippen LogP contribution in [0.15, 0.2) is 0 Å². The Morgan fingerprint density at radius 1 is 0.765 bits per heavy atom. The Hall–Kier alpha value is 0.920. The third kappa shape index (κ3) is 14.9. The molecule has 0 rings (SSSR count). The first kappa shape index (κ1) is 20.2. The molecule has 0 spiro atoms. The van der Waals surface area contributed by atoms with E-state index in [0.717, 1.165) is 9.94 Å². The maximum atomic E-state index is 3.56. The first-order chi connectivity index (χ1) is 7.62. The fourth-order valence-electron chi connectivity index (χ4n) is 1.91. The molecule has 0 aliphatic heterocycles. The lowest BCUT2D eigenvalue weighted by Gasteiger charge is -2.26. The summed E-state index contributed by atoms with van der Waals surface area (Å²) < 4.78 is 1.11. The molecule has 0 aromatic rings. The highest BCUT2D eigenvalue weighted by molar-refractivity contribution is 9.09. The summed E-state index contributed by atoms with van der Waals surface area (Å²) in [6, 6.07) is 0. The zero-order valence-electron chi connectivity index (χ0n) is 12.0. The van der Waals surface area contributed by atoms with Crippen LogP contribution in [0.3, 0.4) is 0 Å². The number of hydrogen-bond donors (Lipinski definition) is 0. The second kappa shape index (κ2) is 13.4. The molecule has 17 heavy (non-hydrogen) atoms. The van der Waals surface area contributed by atoms with Gasteiger partial charge in [0, 0.05) is 0 Å². The first-order valence-corrected chi connectivity index (χ1v) is 8.12. The van der Waals surface area contributed by atoms with E-state index in [2.05, 4.69) is 36.9 Å². The summed E-state index contributed by atoms with van der Waals surface area (Å²) in [5.74, 6) is 0. The topological polar surface area (TPSA) is 0 Å². The van der Waals surface area contributed by atoms with Crippen molar-refractivity contribution in [3.63, 3.8) is 0 Å². The SMILES string of the molecule is CCCCCCCCCCC[N+](C)(C)CBr.[Br-]. The van der Waals surface area contributed by atoms with Crippen LogP contribution in [-0.4, -0.2) is 30.6 Å². The van der Waals surface area contributed by atoms with E-state index < -0.39 is 0 Å². The molecule has 106 valence electrons. The lowest BCUT2D eigenvalue weighted by atomic mass is 10.1. The first-order valence-electron chi connectivity index (χ1n) is 7.00. The van der Waals surface area contributed by atoms with Gasteiger partial charge in [0.2, 0.25) is 0 Å². The summed E-state index contributed by atoms with van der Waals surface area (Å²) in [4.78, 5) is 0. The molecule has 3 heteroatoms. The zero-order chi connectivity index (χ0) is 12.3. The predicted octanol–water partition coefficient (Wildman–Crippen LogP) is 1.95. The Balaban J connectivity index is 0. The van der Waals surface area contributed by atoms with Crippen molar-refractivity contribution in [2.45, 2.75) is 64.7 Å². The van der Waals surface area contributed by atoms with Gasteiger partial charge in [-0.05, 0) is 28.8 Å². The van der Waals surface area contributed by atoms with Gasteiger partial charge in [0.05, 0.1) is 20.6 Å². The van der Waals surface area contributed by atoms with E-state index in [9.17, 15) is 0 Å². The van der Waals surface area contributed by atoms with E-state index in [1.165, 1.54) is 64.3 Å². The van der Waals surface area contributed by atoms with Crippen molar-refractivity contribution in [2.75, 3.05) is 26.1 Å². The van der Waals surface area contributed by atoms with Crippen LogP contribution >= 0.6 is 15.9 Å². The number of quaternary nitrogens is 1. The van der Waals surface area contributed by atoms with Crippen molar-refractivity contribution in [3.8, 4) is 0 Å². The number of nitrogens with zero attached hydrogens (tertiary/aromatic N) is 1. The van der Waals surface area contributed by atoms with Gasteiger partial charge in [0.15, 0.2) is 0 Å². The lowest BCUT2D eigenvalue weighted by Crippen LogP contribution is -3.00. The molecule has 0 aromatic carbocycles. The Kier molecular flexibility index (Phi) is 15.9. The summed E-state index contributed by atoms with van der Waals surface area (Å²) in [6.07, 6.45) is 12.8. The second-order valence-corrected chi connectivity index (χ2v) is 6.11. The summed E-state index contributed by atoms with van der Waals surface area (Å²) in [7, 11) is 4.58. The van der Waals surface area contributed by atoms with Gasteiger partial charge in [-0.1, -0.05) is 51.9 Å². The van der Waals surface area contributed by atoms with Crippen LogP contribution in [0.4, 0.5) is 0 Å². The number of alkyl halides is 1. The molecule has 0 radical (unpaired) electrons. The third-order valence-corrected chi connectivity index (χ3v) is 4.55. The summed E-state index contributed by atoms with van der Waals surface area (Å²) in [6.45, 7) is 3.59. The van der Waals surface area contributed by atoms with Crippen LogP contribution in [0, 0.1) is 0 Å². The highest BCUT2D eigenvalue weighted by atomic mass is 79.9.